The molecule has 0 N–H and O–H groups in total. The van der Waals surface area contributed by atoms with Crippen molar-refractivity contribution in [2.75, 3.05) is 0 Å². The van der Waals surface area contributed by atoms with Crippen molar-refractivity contribution >= 4 is 33.0 Å². The lowest BCUT2D eigenvalue weighted by atomic mass is 10.0. The largest absolute Gasteiger partial charge is 0.455 e. The first-order valence-electron chi connectivity index (χ1n) is 12.0. The molecule has 164 valence electrons. The van der Waals surface area contributed by atoms with E-state index in [1.165, 1.54) is 27.9 Å². The molecule has 0 spiro atoms. The normalized spacial score (nSPS) is 12.5. The zero-order chi connectivity index (χ0) is 22.9. The van der Waals surface area contributed by atoms with Crippen LogP contribution in [0.4, 0.5) is 0 Å². The lowest BCUT2D eigenvalue weighted by molar-refractivity contribution is 0.669. The monoisotopic (exact) mass is 448 g/mol. The SMILES string of the molecule is c1ccc2c(c1)Cc1c-2cccc1-n1c(-c2cccc3c2oc2ccccc23)nc2ccccc21. The number of imidazole rings is 1. The summed E-state index contributed by atoms with van der Waals surface area (Å²) in [6.45, 7) is 0. The highest BCUT2D eigenvalue weighted by Gasteiger charge is 2.25. The van der Waals surface area contributed by atoms with Gasteiger partial charge < -0.3 is 4.42 Å². The average Bonchev–Trinajstić information content (AvgIpc) is 3.59. The third kappa shape index (κ3) is 2.58. The molecule has 0 unspecified atom stereocenters. The summed E-state index contributed by atoms with van der Waals surface area (Å²) in [5, 5.41) is 2.24. The van der Waals surface area contributed by atoms with Crippen LogP contribution >= 0.6 is 0 Å². The van der Waals surface area contributed by atoms with Crippen molar-refractivity contribution in [3.8, 4) is 28.2 Å². The molecule has 0 saturated carbocycles. The van der Waals surface area contributed by atoms with Crippen LogP contribution in [0.15, 0.2) is 114 Å². The number of para-hydroxylation sites is 4. The van der Waals surface area contributed by atoms with Gasteiger partial charge in [-0.05, 0) is 52.6 Å². The van der Waals surface area contributed by atoms with Gasteiger partial charge in [0.1, 0.15) is 17.0 Å². The van der Waals surface area contributed by atoms with Crippen LogP contribution in [0.1, 0.15) is 11.1 Å². The first-order valence-corrected chi connectivity index (χ1v) is 12.0. The molecule has 0 aliphatic heterocycles. The Bertz CT molecular complexity index is 1940. The molecule has 0 fully saturated rings. The number of rotatable bonds is 2. The second kappa shape index (κ2) is 6.94. The molecule has 3 heteroatoms. The van der Waals surface area contributed by atoms with Gasteiger partial charge in [0, 0.05) is 17.2 Å². The quantitative estimate of drug-likeness (QED) is 0.267. The van der Waals surface area contributed by atoms with Crippen LogP contribution in [0.2, 0.25) is 0 Å². The zero-order valence-corrected chi connectivity index (χ0v) is 18.9. The zero-order valence-electron chi connectivity index (χ0n) is 18.9. The summed E-state index contributed by atoms with van der Waals surface area (Å²) >= 11 is 0. The molecule has 2 aromatic heterocycles. The minimum Gasteiger partial charge on any atom is -0.455 e. The van der Waals surface area contributed by atoms with E-state index in [1.807, 2.05) is 12.1 Å². The fraction of sp³-hybridized carbons (Fsp3) is 0.0312. The Balaban J connectivity index is 1.46. The summed E-state index contributed by atoms with van der Waals surface area (Å²) in [5.41, 5.74) is 11.4. The third-order valence-electron chi connectivity index (χ3n) is 7.27. The van der Waals surface area contributed by atoms with Gasteiger partial charge in [0.15, 0.2) is 0 Å². The van der Waals surface area contributed by atoms with Crippen molar-refractivity contribution in [2.45, 2.75) is 6.42 Å². The maximum Gasteiger partial charge on any atom is 0.149 e. The summed E-state index contributed by atoms with van der Waals surface area (Å²) in [6, 6.07) is 38.3. The molecule has 1 aliphatic rings. The highest BCUT2D eigenvalue weighted by Crippen LogP contribution is 2.42. The summed E-state index contributed by atoms with van der Waals surface area (Å²) in [7, 11) is 0. The van der Waals surface area contributed by atoms with E-state index >= 15 is 0 Å². The van der Waals surface area contributed by atoms with Gasteiger partial charge >= 0.3 is 0 Å². The number of hydrogen-bond donors (Lipinski definition) is 0. The van der Waals surface area contributed by atoms with Crippen LogP contribution in [-0.2, 0) is 6.42 Å². The van der Waals surface area contributed by atoms with Gasteiger partial charge in [-0.3, -0.25) is 4.57 Å². The maximum atomic E-state index is 6.41. The predicted octanol–water partition coefficient (Wildman–Crippen LogP) is 8.16. The number of nitrogens with zero attached hydrogens (tertiary/aromatic N) is 2. The number of aromatic nitrogens is 2. The minimum atomic E-state index is 0.876. The summed E-state index contributed by atoms with van der Waals surface area (Å²) < 4.78 is 8.74. The van der Waals surface area contributed by atoms with Gasteiger partial charge in [-0.25, -0.2) is 4.98 Å². The van der Waals surface area contributed by atoms with E-state index in [0.29, 0.717) is 0 Å². The second-order valence-corrected chi connectivity index (χ2v) is 9.18. The molecule has 0 bridgehead atoms. The summed E-state index contributed by atoms with van der Waals surface area (Å²) in [4.78, 5) is 5.16. The molecule has 35 heavy (non-hydrogen) atoms. The topological polar surface area (TPSA) is 31.0 Å². The van der Waals surface area contributed by atoms with Crippen molar-refractivity contribution in [1.82, 2.24) is 9.55 Å². The van der Waals surface area contributed by atoms with Crippen LogP contribution in [0.25, 0.3) is 61.2 Å². The Kier molecular flexibility index (Phi) is 3.72. The lowest BCUT2D eigenvalue weighted by Crippen LogP contribution is -2.02. The van der Waals surface area contributed by atoms with Crippen LogP contribution < -0.4 is 0 Å². The van der Waals surface area contributed by atoms with Crippen LogP contribution in [-0.4, -0.2) is 9.55 Å². The number of furan rings is 1. The highest BCUT2D eigenvalue weighted by atomic mass is 16.3. The summed E-state index contributed by atoms with van der Waals surface area (Å²) in [6.07, 6.45) is 0.919. The molecular weight excluding hydrogens is 428 g/mol. The molecule has 3 nitrogen and oxygen atoms in total. The van der Waals surface area contributed by atoms with E-state index in [-0.39, 0.29) is 0 Å². The molecule has 8 rings (SSSR count). The fourth-order valence-corrected chi connectivity index (χ4v) is 5.72. The van der Waals surface area contributed by atoms with Gasteiger partial charge in [0.05, 0.1) is 22.3 Å². The van der Waals surface area contributed by atoms with E-state index < -0.39 is 0 Å². The molecule has 0 radical (unpaired) electrons. The van der Waals surface area contributed by atoms with Crippen molar-refractivity contribution in [1.29, 1.82) is 0 Å². The minimum absolute atomic E-state index is 0.876. The lowest BCUT2D eigenvalue weighted by Gasteiger charge is -2.14. The molecule has 0 saturated heterocycles. The van der Waals surface area contributed by atoms with Crippen molar-refractivity contribution in [3.63, 3.8) is 0 Å². The first-order chi connectivity index (χ1) is 17.4. The van der Waals surface area contributed by atoms with Gasteiger partial charge in [0.25, 0.3) is 0 Å². The van der Waals surface area contributed by atoms with Gasteiger partial charge in [-0.2, -0.15) is 0 Å². The number of benzene rings is 5. The Morgan fingerprint density at radius 3 is 2.37 bits per heavy atom. The van der Waals surface area contributed by atoms with Gasteiger partial charge in [-0.15, -0.1) is 0 Å². The van der Waals surface area contributed by atoms with Crippen molar-refractivity contribution in [2.24, 2.45) is 0 Å². The van der Waals surface area contributed by atoms with E-state index in [9.17, 15) is 0 Å². The van der Waals surface area contributed by atoms with E-state index in [0.717, 1.165) is 50.8 Å². The smallest absolute Gasteiger partial charge is 0.149 e. The van der Waals surface area contributed by atoms with E-state index in [4.69, 9.17) is 9.40 Å². The van der Waals surface area contributed by atoms with E-state index in [2.05, 4.69) is 102 Å². The van der Waals surface area contributed by atoms with E-state index in [1.54, 1.807) is 0 Å². The van der Waals surface area contributed by atoms with Gasteiger partial charge in [-0.1, -0.05) is 78.9 Å². The van der Waals surface area contributed by atoms with Crippen molar-refractivity contribution in [3.05, 3.63) is 120 Å². The maximum absolute atomic E-state index is 6.41. The fourth-order valence-electron chi connectivity index (χ4n) is 5.72. The highest BCUT2D eigenvalue weighted by molar-refractivity contribution is 6.09. The number of fused-ring (bicyclic) bond motifs is 7. The third-order valence-corrected chi connectivity index (χ3v) is 7.27. The average molecular weight is 449 g/mol. The predicted molar refractivity (Wildman–Crippen MR) is 142 cm³/mol. The van der Waals surface area contributed by atoms with Crippen molar-refractivity contribution < 1.29 is 4.42 Å². The molecule has 0 amide bonds. The Labute approximate surface area is 201 Å². The molecule has 1 aliphatic carbocycles. The molecule has 7 aromatic rings. The molecular formula is C32H20N2O. The summed E-state index contributed by atoms with van der Waals surface area (Å²) in [5.74, 6) is 0.903. The Morgan fingerprint density at radius 2 is 1.37 bits per heavy atom. The Hall–Kier alpha value is -4.63. The number of hydrogen-bond acceptors (Lipinski definition) is 2. The van der Waals surface area contributed by atoms with Crippen LogP contribution in [0.5, 0.6) is 0 Å². The Morgan fingerprint density at radius 1 is 0.629 bits per heavy atom. The molecule has 5 aromatic carbocycles. The van der Waals surface area contributed by atoms with Crippen LogP contribution in [0, 0.1) is 0 Å². The first kappa shape index (κ1) is 18.8. The van der Waals surface area contributed by atoms with Crippen LogP contribution in [0.3, 0.4) is 0 Å². The second-order valence-electron chi connectivity index (χ2n) is 9.18. The standard InChI is InChI=1S/C32H20N2O/c1-2-10-21-20(9-1)19-26-22(21)12-8-17-28(26)34-29-16-5-4-15-27(29)33-32(34)25-14-7-13-24-23-11-3-6-18-30(23)35-31(24)25/h1-18H,19H2. The molecule has 0 atom stereocenters. The van der Waals surface area contributed by atoms with Gasteiger partial charge in [0.2, 0.25) is 0 Å². The molecule has 2 heterocycles.